The topological polar surface area (TPSA) is 46.5 Å². The van der Waals surface area contributed by atoms with Gasteiger partial charge in [-0.2, -0.15) is 0 Å². The highest BCUT2D eigenvalue weighted by Crippen LogP contribution is 2.23. The first-order valence-corrected chi connectivity index (χ1v) is 19.3. The molecule has 0 aliphatic carbocycles. The predicted molar refractivity (Wildman–Crippen MR) is 196 cm³/mol. The molecule has 0 heterocycles. The molecule has 1 N–H and O–H groups in total. The molecule has 0 radical (unpaired) electrons. The van der Waals surface area contributed by atoms with Crippen LogP contribution >= 0.6 is 0 Å². The van der Waals surface area contributed by atoms with Crippen LogP contribution in [0, 0.1) is 0 Å². The lowest BCUT2D eigenvalue weighted by Gasteiger charge is -2.40. The summed E-state index contributed by atoms with van der Waals surface area (Å²) in [4.78, 5) is 12.7. The highest BCUT2D eigenvalue weighted by molar-refractivity contribution is 5.69. The summed E-state index contributed by atoms with van der Waals surface area (Å²) in [6, 6.07) is 21.2. The predicted octanol–water partition coefficient (Wildman–Crippen LogP) is 8.34. The van der Waals surface area contributed by atoms with E-state index in [1.165, 1.54) is 114 Å². The Morgan fingerprint density at radius 3 is 1.47 bits per heavy atom. The van der Waals surface area contributed by atoms with Crippen LogP contribution in [-0.4, -0.2) is 41.4 Å². The first-order chi connectivity index (χ1) is 22.6. The second kappa shape index (κ2) is 29.1. The smallest absolute Gasteiger partial charge is 0.305 e. The average molecular weight is 672 g/mol. The molecule has 5 heteroatoms. The van der Waals surface area contributed by atoms with Crippen molar-refractivity contribution in [1.82, 2.24) is 0 Å². The summed E-state index contributed by atoms with van der Waals surface area (Å²) >= 11 is 0. The summed E-state index contributed by atoms with van der Waals surface area (Å²) < 4.78 is 6.54. The van der Waals surface area contributed by atoms with Gasteiger partial charge >= 0.3 is 5.97 Å². The van der Waals surface area contributed by atoms with Crippen LogP contribution < -0.4 is 12.4 Å². The maximum atomic E-state index is 12.7. The largest absolute Gasteiger partial charge is 1.00 e. The maximum absolute atomic E-state index is 12.7. The molecule has 268 valence electrons. The molecule has 2 rings (SSSR count). The number of unbranched alkanes of at least 4 members (excludes halogenated alkanes) is 17. The Bertz CT molecular complexity index is 929. The van der Waals surface area contributed by atoms with Crippen molar-refractivity contribution in [3.05, 3.63) is 71.8 Å². The lowest BCUT2D eigenvalue weighted by molar-refractivity contribution is -0.956. The van der Waals surface area contributed by atoms with Crippen LogP contribution in [0.5, 0.6) is 0 Å². The minimum absolute atomic E-state index is 0. The molecule has 0 bridgehead atoms. The number of carbonyl (C=O) groups excluding carboxylic acids is 1. The van der Waals surface area contributed by atoms with Gasteiger partial charge in [-0.15, -0.1) is 0 Å². The van der Waals surface area contributed by atoms with E-state index in [0.29, 0.717) is 30.6 Å². The van der Waals surface area contributed by atoms with Crippen molar-refractivity contribution in [3.63, 3.8) is 0 Å². The SMILES string of the molecule is CCCCCCCCCCCCCC(=O)OCC[N+](Cc1ccccc1)(Cc1ccccc1)CC(O)CCCCCCCCCC.[Cl-]. The Hall–Kier alpha value is -1.88. The van der Waals surface area contributed by atoms with E-state index in [-0.39, 0.29) is 24.5 Å². The van der Waals surface area contributed by atoms with Gasteiger partial charge in [0.1, 0.15) is 38.9 Å². The van der Waals surface area contributed by atoms with Crippen molar-refractivity contribution in [1.29, 1.82) is 0 Å². The van der Waals surface area contributed by atoms with Gasteiger partial charge in [-0.1, -0.05) is 190 Å². The van der Waals surface area contributed by atoms with Crippen LogP contribution in [0.15, 0.2) is 60.7 Å². The first kappa shape index (κ1) is 43.1. The Kier molecular flexibility index (Phi) is 26.7. The van der Waals surface area contributed by atoms with Crippen LogP contribution in [0.3, 0.4) is 0 Å². The van der Waals surface area contributed by atoms with Gasteiger partial charge < -0.3 is 26.7 Å². The first-order valence-electron chi connectivity index (χ1n) is 19.3. The van der Waals surface area contributed by atoms with Crippen molar-refractivity contribution in [2.75, 3.05) is 19.7 Å². The highest BCUT2D eigenvalue weighted by Gasteiger charge is 2.32. The van der Waals surface area contributed by atoms with Gasteiger partial charge in [0.25, 0.3) is 0 Å². The number of nitrogens with zero attached hydrogens (tertiary/aromatic N) is 1. The molecule has 0 saturated heterocycles. The second-order valence-electron chi connectivity index (χ2n) is 14.0. The molecular formula is C42H70ClNO3. The molecule has 4 nitrogen and oxygen atoms in total. The highest BCUT2D eigenvalue weighted by atomic mass is 35.5. The molecule has 0 amide bonds. The molecular weight excluding hydrogens is 602 g/mol. The summed E-state index contributed by atoms with van der Waals surface area (Å²) in [5.74, 6) is -0.0760. The second-order valence-corrected chi connectivity index (χ2v) is 14.0. The molecule has 1 atom stereocenters. The molecule has 0 fully saturated rings. The Morgan fingerprint density at radius 2 is 1.02 bits per heavy atom. The van der Waals surface area contributed by atoms with Gasteiger partial charge in [-0.3, -0.25) is 4.79 Å². The number of hydrogen-bond acceptors (Lipinski definition) is 3. The number of aliphatic hydroxyl groups is 1. The molecule has 2 aromatic carbocycles. The number of rotatable bonds is 30. The summed E-state index contributed by atoms with van der Waals surface area (Å²) in [6.45, 7) is 7.89. The Balaban J connectivity index is 0.0000110. The van der Waals surface area contributed by atoms with Crippen molar-refractivity contribution in [2.24, 2.45) is 0 Å². The normalized spacial score (nSPS) is 12.1. The average Bonchev–Trinajstić information content (AvgIpc) is 3.05. The zero-order valence-corrected chi connectivity index (χ0v) is 31.1. The molecule has 1 unspecified atom stereocenters. The van der Waals surface area contributed by atoms with Crippen LogP contribution in [-0.2, 0) is 22.6 Å². The van der Waals surface area contributed by atoms with Gasteiger partial charge in [-0.25, -0.2) is 0 Å². The number of quaternary nitrogens is 1. The van der Waals surface area contributed by atoms with E-state index in [9.17, 15) is 9.90 Å². The number of carbonyl (C=O) groups is 1. The summed E-state index contributed by atoms with van der Waals surface area (Å²) in [6.07, 6.45) is 25.1. The van der Waals surface area contributed by atoms with Crippen LogP contribution in [0.2, 0.25) is 0 Å². The van der Waals surface area contributed by atoms with Gasteiger partial charge in [0.2, 0.25) is 0 Å². The molecule has 0 aliphatic rings. The fourth-order valence-electron chi connectivity index (χ4n) is 6.79. The van der Waals surface area contributed by atoms with E-state index >= 15 is 0 Å². The summed E-state index contributed by atoms with van der Waals surface area (Å²) in [5.41, 5.74) is 2.51. The van der Waals surface area contributed by atoms with E-state index in [4.69, 9.17) is 4.74 Å². The minimum atomic E-state index is -0.375. The van der Waals surface area contributed by atoms with Crippen molar-refractivity contribution in [3.8, 4) is 0 Å². The lowest BCUT2D eigenvalue weighted by Crippen LogP contribution is -3.00. The third-order valence-electron chi connectivity index (χ3n) is 9.52. The Morgan fingerprint density at radius 1 is 0.617 bits per heavy atom. The van der Waals surface area contributed by atoms with E-state index in [1.807, 2.05) is 0 Å². The fraction of sp³-hybridized carbons (Fsp3) is 0.690. The monoisotopic (exact) mass is 672 g/mol. The molecule has 2 aromatic rings. The zero-order chi connectivity index (χ0) is 33.0. The van der Waals surface area contributed by atoms with Gasteiger partial charge in [0, 0.05) is 17.5 Å². The standard InChI is InChI=1S/C42H70NO3.ClH/c1-3-5-7-9-11-13-14-15-17-19-27-33-42(45)46-35-34-43(36-39-28-22-20-23-29-39,37-40-30-24-21-25-31-40)38-41(44)32-26-18-16-12-10-8-6-4-2;/h20-25,28-31,41,44H,3-19,26-27,32-38H2,1-2H3;1H/q+1;/p-1. The van der Waals surface area contributed by atoms with Crippen LogP contribution in [0.4, 0.5) is 0 Å². The van der Waals surface area contributed by atoms with Crippen molar-refractivity contribution >= 4 is 5.97 Å². The Labute approximate surface area is 296 Å². The number of ether oxygens (including phenoxy) is 1. The van der Waals surface area contributed by atoms with Crippen LogP contribution in [0.25, 0.3) is 0 Å². The van der Waals surface area contributed by atoms with Crippen molar-refractivity contribution in [2.45, 2.75) is 168 Å². The van der Waals surface area contributed by atoms with Gasteiger partial charge in [-0.05, 0) is 12.8 Å². The van der Waals surface area contributed by atoms with E-state index in [0.717, 1.165) is 38.8 Å². The van der Waals surface area contributed by atoms with E-state index < -0.39 is 0 Å². The molecule has 0 aromatic heterocycles. The van der Waals surface area contributed by atoms with Gasteiger partial charge in [0.05, 0.1) is 0 Å². The third kappa shape index (κ3) is 22.4. The van der Waals surface area contributed by atoms with Gasteiger partial charge in [0.15, 0.2) is 0 Å². The molecule has 0 saturated carbocycles. The number of benzene rings is 2. The number of halogens is 1. The number of esters is 1. The third-order valence-corrected chi connectivity index (χ3v) is 9.52. The molecule has 0 aliphatic heterocycles. The number of aliphatic hydroxyl groups excluding tert-OH is 1. The summed E-state index contributed by atoms with van der Waals surface area (Å²) in [5, 5.41) is 11.4. The minimum Gasteiger partial charge on any atom is -1.00 e. The molecule has 0 spiro atoms. The zero-order valence-electron chi connectivity index (χ0n) is 30.3. The summed E-state index contributed by atoms with van der Waals surface area (Å²) in [7, 11) is 0. The van der Waals surface area contributed by atoms with E-state index in [1.54, 1.807) is 0 Å². The van der Waals surface area contributed by atoms with Crippen LogP contribution in [0.1, 0.15) is 160 Å². The number of hydrogen-bond donors (Lipinski definition) is 1. The maximum Gasteiger partial charge on any atom is 0.305 e. The fourth-order valence-corrected chi connectivity index (χ4v) is 6.79. The molecule has 47 heavy (non-hydrogen) atoms. The lowest BCUT2D eigenvalue weighted by atomic mass is 10.0. The quantitative estimate of drug-likeness (QED) is 0.0516. The van der Waals surface area contributed by atoms with E-state index in [2.05, 4.69) is 74.5 Å². The van der Waals surface area contributed by atoms with Crippen molar-refractivity contribution < 1.29 is 31.5 Å².